The van der Waals surface area contributed by atoms with Crippen LogP contribution in [0.3, 0.4) is 0 Å². The van der Waals surface area contributed by atoms with Crippen molar-refractivity contribution in [2.45, 2.75) is 33.1 Å². The molecule has 4 nitrogen and oxygen atoms in total. The fraction of sp³-hybridized carbons (Fsp3) is 0.273. The number of carbonyl (C=O) groups excluding carboxylic acids is 1. The summed E-state index contributed by atoms with van der Waals surface area (Å²) in [6, 6.07) is 16.6. The Balaban J connectivity index is 1.42. The molecule has 0 aliphatic carbocycles. The third kappa shape index (κ3) is 4.82. The number of hydrogen-bond acceptors (Lipinski definition) is 2. The van der Waals surface area contributed by atoms with Gasteiger partial charge in [-0.15, -0.1) is 0 Å². The van der Waals surface area contributed by atoms with E-state index in [9.17, 15) is 4.79 Å². The van der Waals surface area contributed by atoms with Gasteiger partial charge in [-0.25, -0.2) is 4.68 Å². The molecular weight excluding hydrogens is 322 g/mol. The second-order valence-corrected chi connectivity index (χ2v) is 6.65. The van der Waals surface area contributed by atoms with Crippen LogP contribution in [0.4, 0.5) is 0 Å². The quantitative estimate of drug-likeness (QED) is 0.707. The van der Waals surface area contributed by atoms with Crippen molar-refractivity contribution >= 4 is 5.91 Å². The molecule has 0 saturated carbocycles. The molecule has 0 aliphatic rings. The highest BCUT2D eigenvalue weighted by Crippen LogP contribution is 2.12. The molecule has 3 rings (SSSR count). The van der Waals surface area contributed by atoms with Crippen molar-refractivity contribution in [2.75, 3.05) is 6.54 Å². The fourth-order valence-corrected chi connectivity index (χ4v) is 3.05. The van der Waals surface area contributed by atoms with Crippen molar-refractivity contribution in [3.05, 3.63) is 83.2 Å². The second-order valence-electron chi connectivity index (χ2n) is 6.65. The number of carbonyl (C=O) groups is 1. The maximum absolute atomic E-state index is 12.1. The van der Waals surface area contributed by atoms with E-state index in [0.29, 0.717) is 13.0 Å². The molecule has 134 valence electrons. The first-order valence-corrected chi connectivity index (χ1v) is 9.03. The molecule has 0 spiro atoms. The standard InChI is InChI=1S/C22H25N3O/c1-17-4-7-20(18(2)16-17)8-11-22(26)23-14-12-19-5-9-21(10-6-19)25-15-3-13-24-25/h3-7,9-10,13,15-16H,8,11-12,14H2,1-2H3,(H,23,26). The van der Waals surface area contributed by atoms with Crippen LogP contribution in [0.2, 0.25) is 0 Å². The van der Waals surface area contributed by atoms with Gasteiger partial charge in [0.2, 0.25) is 5.91 Å². The monoisotopic (exact) mass is 347 g/mol. The first-order valence-electron chi connectivity index (χ1n) is 9.03. The summed E-state index contributed by atoms with van der Waals surface area (Å²) in [7, 11) is 0. The van der Waals surface area contributed by atoms with Gasteiger partial charge in [0.15, 0.2) is 0 Å². The SMILES string of the molecule is Cc1ccc(CCC(=O)NCCc2ccc(-n3cccn3)cc2)c(C)c1. The van der Waals surface area contributed by atoms with Crippen LogP contribution in [0.1, 0.15) is 28.7 Å². The van der Waals surface area contributed by atoms with Crippen molar-refractivity contribution in [3.8, 4) is 5.69 Å². The molecule has 0 radical (unpaired) electrons. The summed E-state index contributed by atoms with van der Waals surface area (Å²) in [4.78, 5) is 12.1. The number of hydrogen-bond donors (Lipinski definition) is 1. The number of rotatable bonds is 7. The summed E-state index contributed by atoms with van der Waals surface area (Å²) >= 11 is 0. The van der Waals surface area contributed by atoms with E-state index in [1.807, 2.05) is 29.1 Å². The van der Waals surface area contributed by atoms with Crippen molar-refractivity contribution in [3.63, 3.8) is 0 Å². The Morgan fingerprint density at radius 1 is 1.08 bits per heavy atom. The van der Waals surface area contributed by atoms with Gasteiger partial charge in [-0.1, -0.05) is 35.9 Å². The lowest BCUT2D eigenvalue weighted by Gasteiger charge is -2.08. The van der Waals surface area contributed by atoms with Gasteiger partial charge < -0.3 is 5.32 Å². The van der Waals surface area contributed by atoms with Crippen molar-refractivity contribution in [2.24, 2.45) is 0 Å². The molecule has 0 unspecified atom stereocenters. The molecule has 1 aromatic heterocycles. The van der Waals surface area contributed by atoms with E-state index in [1.165, 1.54) is 22.3 Å². The van der Waals surface area contributed by atoms with Crippen molar-refractivity contribution < 1.29 is 4.79 Å². The zero-order valence-electron chi connectivity index (χ0n) is 15.4. The molecule has 26 heavy (non-hydrogen) atoms. The minimum Gasteiger partial charge on any atom is -0.356 e. The molecule has 4 heteroatoms. The molecule has 1 heterocycles. The van der Waals surface area contributed by atoms with Crippen LogP contribution < -0.4 is 5.32 Å². The third-order valence-electron chi connectivity index (χ3n) is 4.56. The Hall–Kier alpha value is -2.88. The van der Waals surface area contributed by atoms with E-state index in [4.69, 9.17) is 0 Å². The van der Waals surface area contributed by atoms with Crippen LogP contribution in [-0.2, 0) is 17.6 Å². The van der Waals surface area contributed by atoms with E-state index in [2.05, 4.69) is 54.6 Å². The highest BCUT2D eigenvalue weighted by Gasteiger charge is 2.05. The summed E-state index contributed by atoms with van der Waals surface area (Å²) < 4.78 is 1.83. The smallest absolute Gasteiger partial charge is 0.220 e. The molecule has 0 aliphatic heterocycles. The molecule has 3 aromatic rings. The number of benzene rings is 2. The van der Waals surface area contributed by atoms with E-state index in [1.54, 1.807) is 6.20 Å². The maximum atomic E-state index is 12.1. The number of nitrogens with zero attached hydrogens (tertiary/aromatic N) is 2. The average molecular weight is 347 g/mol. The predicted molar refractivity (Wildman–Crippen MR) is 105 cm³/mol. The third-order valence-corrected chi connectivity index (χ3v) is 4.56. The van der Waals surface area contributed by atoms with Crippen LogP contribution in [0.25, 0.3) is 5.69 Å². The van der Waals surface area contributed by atoms with Gasteiger partial charge in [-0.3, -0.25) is 4.79 Å². The molecule has 0 saturated heterocycles. The molecule has 2 aromatic carbocycles. The summed E-state index contributed by atoms with van der Waals surface area (Å²) in [5.41, 5.74) is 6.01. The topological polar surface area (TPSA) is 46.9 Å². The van der Waals surface area contributed by atoms with E-state index < -0.39 is 0 Å². The molecule has 0 fully saturated rings. The van der Waals surface area contributed by atoms with Gasteiger partial charge in [0.05, 0.1) is 5.69 Å². The number of aromatic nitrogens is 2. The molecule has 1 N–H and O–H groups in total. The zero-order valence-corrected chi connectivity index (χ0v) is 15.4. The van der Waals surface area contributed by atoms with E-state index in [0.717, 1.165) is 18.5 Å². The average Bonchev–Trinajstić information content (AvgIpc) is 3.16. The maximum Gasteiger partial charge on any atom is 0.220 e. The minimum absolute atomic E-state index is 0.109. The van der Waals surface area contributed by atoms with Gasteiger partial charge in [-0.2, -0.15) is 5.10 Å². The Morgan fingerprint density at radius 3 is 2.58 bits per heavy atom. The van der Waals surface area contributed by atoms with Crippen LogP contribution in [0, 0.1) is 13.8 Å². The zero-order chi connectivity index (χ0) is 18.4. The Labute approximate surface area is 154 Å². The van der Waals surface area contributed by atoms with Gasteiger partial charge in [0.1, 0.15) is 0 Å². The number of aryl methyl sites for hydroxylation is 3. The summed E-state index contributed by atoms with van der Waals surface area (Å²) in [6.45, 7) is 4.85. The van der Waals surface area contributed by atoms with E-state index in [-0.39, 0.29) is 5.91 Å². The lowest BCUT2D eigenvalue weighted by molar-refractivity contribution is -0.121. The minimum atomic E-state index is 0.109. The van der Waals surface area contributed by atoms with Gasteiger partial charge in [-0.05, 0) is 61.6 Å². The Bertz CT molecular complexity index is 852. The highest BCUT2D eigenvalue weighted by molar-refractivity contribution is 5.76. The van der Waals surface area contributed by atoms with Gasteiger partial charge in [0, 0.05) is 25.4 Å². The van der Waals surface area contributed by atoms with Gasteiger partial charge in [0.25, 0.3) is 0 Å². The fourth-order valence-electron chi connectivity index (χ4n) is 3.05. The number of amides is 1. The first kappa shape index (κ1) is 17.9. The molecule has 1 amide bonds. The largest absolute Gasteiger partial charge is 0.356 e. The number of nitrogens with one attached hydrogen (secondary N) is 1. The van der Waals surface area contributed by atoms with E-state index >= 15 is 0 Å². The molecule has 0 bridgehead atoms. The van der Waals surface area contributed by atoms with Crippen LogP contribution >= 0.6 is 0 Å². The molecule has 0 atom stereocenters. The normalized spacial score (nSPS) is 10.7. The van der Waals surface area contributed by atoms with Crippen LogP contribution in [-0.4, -0.2) is 22.2 Å². The second kappa shape index (κ2) is 8.48. The predicted octanol–water partition coefficient (Wildman–Crippen LogP) is 3.78. The summed E-state index contributed by atoms with van der Waals surface area (Å²) in [6.07, 6.45) is 5.83. The molecular formula is C22H25N3O. The highest BCUT2D eigenvalue weighted by atomic mass is 16.1. The summed E-state index contributed by atoms with van der Waals surface area (Å²) in [5, 5.41) is 7.24. The van der Waals surface area contributed by atoms with Crippen molar-refractivity contribution in [1.82, 2.24) is 15.1 Å². The first-order chi connectivity index (χ1) is 12.6. The lowest BCUT2D eigenvalue weighted by Crippen LogP contribution is -2.25. The van der Waals surface area contributed by atoms with Gasteiger partial charge >= 0.3 is 0 Å². The Kier molecular flexibility index (Phi) is 5.84. The van der Waals surface area contributed by atoms with Crippen LogP contribution in [0.15, 0.2) is 60.9 Å². The Morgan fingerprint density at radius 2 is 1.88 bits per heavy atom. The van der Waals surface area contributed by atoms with Crippen LogP contribution in [0.5, 0.6) is 0 Å². The lowest BCUT2D eigenvalue weighted by atomic mass is 10.0. The van der Waals surface area contributed by atoms with Crippen molar-refractivity contribution in [1.29, 1.82) is 0 Å². The summed E-state index contributed by atoms with van der Waals surface area (Å²) in [5.74, 6) is 0.109.